The third-order valence-corrected chi connectivity index (χ3v) is 6.07. The van der Waals surface area contributed by atoms with E-state index in [-0.39, 0.29) is 5.91 Å². The van der Waals surface area contributed by atoms with Crippen molar-refractivity contribution in [3.05, 3.63) is 96.1 Å². The Hall–Kier alpha value is -2.96. The number of hydrogen-bond acceptors (Lipinski definition) is 5. The van der Waals surface area contributed by atoms with E-state index in [1.807, 2.05) is 72.8 Å². The number of amides is 1. The number of carbonyl (C=O) groups excluding carboxylic acids is 1. The average molecular weight is 404 g/mol. The Bertz CT molecular complexity index is 1070. The molecule has 0 aliphatic rings. The fraction of sp³-hybridized carbons (Fsp3) is 0.0455. The molecule has 138 valence electrons. The molecule has 0 atom stereocenters. The molecule has 0 radical (unpaired) electrons. The molecule has 1 N–H and O–H groups in total. The minimum Gasteiger partial charge on any atom is -0.296 e. The highest BCUT2D eigenvalue weighted by Gasteiger charge is 2.14. The second-order valence-electron chi connectivity index (χ2n) is 6.00. The van der Waals surface area contributed by atoms with Crippen LogP contribution in [0.1, 0.15) is 15.9 Å². The van der Waals surface area contributed by atoms with Gasteiger partial charge in [-0.25, -0.2) is 0 Å². The molecule has 0 unspecified atom stereocenters. The van der Waals surface area contributed by atoms with E-state index in [9.17, 15) is 4.79 Å². The third-order valence-electron chi connectivity index (χ3n) is 4.04. The first-order valence-corrected chi connectivity index (χ1v) is 10.6. The monoisotopic (exact) mass is 403 g/mol. The van der Waals surface area contributed by atoms with E-state index in [1.165, 1.54) is 16.9 Å². The summed E-state index contributed by atoms with van der Waals surface area (Å²) in [6, 6.07) is 27.7. The summed E-state index contributed by atoms with van der Waals surface area (Å²) >= 11 is 3.01. The Morgan fingerprint density at radius 2 is 1.54 bits per heavy atom. The lowest BCUT2D eigenvalue weighted by Gasteiger charge is -2.08. The third kappa shape index (κ3) is 4.47. The van der Waals surface area contributed by atoms with Crippen LogP contribution in [0.2, 0.25) is 0 Å². The summed E-state index contributed by atoms with van der Waals surface area (Å²) in [7, 11) is 0. The van der Waals surface area contributed by atoms with Gasteiger partial charge in [-0.05, 0) is 17.7 Å². The Kier molecular flexibility index (Phi) is 5.80. The minimum absolute atomic E-state index is 0.174. The van der Waals surface area contributed by atoms with Gasteiger partial charge >= 0.3 is 0 Å². The highest BCUT2D eigenvalue weighted by Crippen LogP contribution is 2.29. The highest BCUT2D eigenvalue weighted by molar-refractivity contribution is 7.98. The normalized spacial score (nSPS) is 10.6. The Morgan fingerprint density at radius 3 is 2.32 bits per heavy atom. The molecule has 6 heteroatoms. The molecule has 3 aromatic carbocycles. The maximum absolute atomic E-state index is 12.8. The van der Waals surface area contributed by atoms with Crippen LogP contribution in [0, 0.1) is 0 Å². The summed E-state index contributed by atoms with van der Waals surface area (Å²) in [5.41, 5.74) is 2.85. The van der Waals surface area contributed by atoms with Crippen LogP contribution in [-0.4, -0.2) is 16.1 Å². The van der Waals surface area contributed by atoms with E-state index in [4.69, 9.17) is 0 Å². The van der Waals surface area contributed by atoms with Crippen molar-refractivity contribution >= 4 is 34.1 Å². The number of carbonyl (C=O) groups is 1. The summed E-state index contributed by atoms with van der Waals surface area (Å²) in [5, 5.41) is 12.4. The fourth-order valence-corrected chi connectivity index (χ4v) is 4.40. The lowest BCUT2D eigenvalue weighted by molar-refractivity contribution is 0.102. The van der Waals surface area contributed by atoms with E-state index in [2.05, 4.69) is 27.6 Å². The lowest BCUT2D eigenvalue weighted by atomic mass is 10.2. The number of nitrogens with one attached hydrogen (secondary N) is 1. The summed E-state index contributed by atoms with van der Waals surface area (Å²) < 4.78 is 0. The summed E-state index contributed by atoms with van der Waals surface area (Å²) in [5.74, 6) is 0.633. The molecule has 1 amide bonds. The summed E-state index contributed by atoms with van der Waals surface area (Å²) in [6.07, 6.45) is 0. The van der Waals surface area contributed by atoms with Crippen LogP contribution in [0.3, 0.4) is 0 Å². The topological polar surface area (TPSA) is 54.9 Å². The number of hydrogen-bond donors (Lipinski definition) is 1. The largest absolute Gasteiger partial charge is 0.296 e. The van der Waals surface area contributed by atoms with Crippen molar-refractivity contribution in [2.75, 3.05) is 5.32 Å². The molecule has 1 aromatic heterocycles. The van der Waals surface area contributed by atoms with Gasteiger partial charge in [-0.15, -0.1) is 22.0 Å². The molecule has 0 spiro atoms. The predicted molar refractivity (Wildman–Crippen MR) is 116 cm³/mol. The van der Waals surface area contributed by atoms with Gasteiger partial charge in [0.1, 0.15) is 5.01 Å². The molecule has 4 rings (SSSR count). The van der Waals surface area contributed by atoms with Crippen LogP contribution in [0.4, 0.5) is 5.13 Å². The van der Waals surface area contributed by atoms with Gasteiger partial charge in [0.05, 0.1) is 5.56 Å². The van der Waals surface area contributed by atoms with Crippen molar-refractivity contribution in [1.82, 2.24) is 10.2 Å². The average Bonchev–Trinajstić information content (AvgIpc) is 3.22. The van der Waals surface area contributed by atoms with Gasteiger partial charge in [-0.2, -0.15) is 0 Å². The fourth-order valence-electron chi connectivity index (χ4n) is 2.65. The Labute approximate surface area is 171 Å². The highest BCUT2D eigenvalue weighted by atomic mass is 32.2. The SMILES string of the molecule is O=C(Nc1nnc(-c2ccccc2)s1)c1ccccc1SCc1ccccc1. The van der Waals surface area contributed by atoms with Gasteiger partial charge in [-0.3, -0.25) is 10.1 Å². The maximum atomic E-state index is 12.8. The summed E-state index contributed by atoms with van der Waals surface area (Å²) in [6.45, 7) is 0. The van der Waals surface area contributed by atoms with Crippen molar-refractivity contribution in [3.8, 4) is 10.6 Å². The molecular weight excluding hydrogens is 386 g/mol. The molecule has 28 heavy (non-hydrogen) atoms. The molecule has 0 saturated heterocycles. The van der Waals surface area contributed by atoms with Gasteiger partial charge in [-0.1, -0.05) is 84.1 Å². The first kappa shape index (κ1) is 18.4. The Balaban J connectivity index is 1.47. The van der Waals surface area contributed by atoms with Crippen LogP contribution in [0.25, 0.3) is 10.6 Å². The molecule has 0 aliphatic heterocycles. The molecule has 0 fully saturated rings. The quantitative estimate of drug-likeness (QED) is 0.417. The number of aromatic nitrogens is 2. The number of rotatable bonds is 6. The second-order valence-corrected chi connectivity index (χ2v) is 8.00. The van der Waals surface area contributed by atoms with Crippen LogP contribution >= 0.6 is 23.1 Å². The zero-order valence-electron chi connectivity index (χ0n) is 14.9. The summed E-state index contributed by atoms with van der Waals surface area (Å²) in [4.78, 5) is 13.7. The second kappa shape index (κ2) is 8.82. The van der Waals surface area contributed by atoms with E-state index in [0.717, 1.165) is 21.2 Å². The van der Waals surface area contributed by atoms with Gasteiger partial charge in [0.25, 0.3) is 5.91 Å². The first-order valence-electron chi connectivity index (χ1n) is 8.75. The van der Waals surface area contributed by atoms with Crippen LogP contribution in [-0.2, 0) is 5.75 Å². The van der Waals surface area contributed by atoms with Crippen LogP contribution < -0.4 is 5.32 Å². The number of benzene rings is 3. The number of thioether (sulfide) groups is 1. The number of anilines is 1. The molecule has 4 nitrogen and oxygen atoms in total. The van der Waals surface area contributed by atoms with E-state index < -0.39 is 0 Å². The smallest absolute Gasteiger partial charge is 0.258 e. The van der Waals surface area contributed by atoms with Crippen LogP contribution in [0.5, 0.6) is 0 Å². The van der Waals surface area contributed by atoms with Gasteiger partial charge < -0.3 is 0 Å². The number of nitrogens with zero attached hydrogens (tertiary/aromatic N) is 2. The van der Waals surface area contributed by atoms with Gasteiger partial charge in [0.15, 0.2) is 0 Å². The van der Waals surface area contributed by atoms with Crippen molar-refractivity contribution in [2.24, 2.45) is 0 Å². The van der Waals surface area contributed by atoms with E-state index >= 15 is 0 Å². The van der Waals surface area contributed by atoms with Crippen LogP contribution in [0.15, 0.2) is 89.8 Å². The molecule has 1 heterocycles. The predicted octanol–water partition coefficient (Wildman–Crippen LogP) is 5.75. The standard InChI is InChI=1S/C22H17N3OS2/c26-20(23-22-25-24-21(28-22)17-11-5-2-6-12-17)18-13-7-8-14-19(18)27-15-16-9-3-1-4-10-16/h1-14H,15H2,(H,23,25,26). The van der Waals surface area contributed by atoms with Gasteiger partial charge in [0, 0.05) is 16.2 Å². The first-order chi connectivity index (χ1) is 13.8. The Morgan fingerprint density at radius 1 is 0.857 bits per heavy atom. The van der Waals surface area contributed by atoms with E-state index in [0.29, 0.717) is 10.7 Å². The zero-order chi connectivity index (χ0) is 19.2. The molecular formula is C22H17N3OS2. The van der Waals surface area contributed by atoms with Gasteiger partial charge in [0.2, 0.25) is 5.13 Å². The molecule has 0 aliphatic carbocycles. The van der Waals surface area contributed by atoms with Crippen molar-refractivity contribution < 1.29 is 4.79 Å². The minimum atomic E-state index is -0.174. The zero-order valence-corrected chi connectivity index (χ0v) is 16.5. The van der Waals surface area contributed by atoms with Crippen molar-refractivity contribution in [1.29, 1.82) is 0 Å². The lowest BCUT2D eigenvalue weighted by Crippen LogP contribution is -2.12. The molecule has 0 saturated carbocycles. The molecule has 4 aromatic rings. The van der Waals surface area contributed by atoms with Crippen molar-refractivity contribution in [3.63, 3.8) is 0 Å². The molecule has 0 bridgehead atoms. The van der Waals surface area contributed by atoms with E-state index in [1.54, 1.807) is 11.8 Å². The van der Waals surface area contributed by atoms with Crippen molar-refractivity contribution in [2.45, 2.75) is 10.6 Å². The maximum Gasteiger partial charge on any atom is 0.258 e.